The van der Waals surface area contributed by atoms with Crippen LogP contribution < -0.4 is 19.6 Å². The summed E-state index contributed by atoms with van der Waals surface area (Å²) in [6, 6.07) is 10.7. The number of methoxy groups -OCH3 is 2. The lowest BCUT2D eigenvalue weighted by Crippen LogP contribution is -2.55. The van der Waals surface area contributed by atoms with Gasteiger partial charge in [-0.3, -0.25) is 4.79 Å². The molecular weight excluding hydrogens is 608 g/mol. The molecule has 46 heavy (non-hydrogen) atoms. The summed E-state index contributed by atoms with van der Waals surface area (Å²) in [4.78, 5) is 26.4. The van der Waals surface area contributed by atoms with Crippen LogP contribution in [-0.4, -0.2) is 87.0 Å². The summed E-state index contributed by atoms with van der Waals surface area (Å²) in [5.41, 5.74) is -0.648. The molecule has 1 fully saturated rings. The summed E-state index contributed by atoms with van der Waals surface area (Å²) in [6.07, 6.45) is -6.29. The van der Waals surface area contributed by atoms with Crippen molar-refractivity contribution in [3.8, 4) is 45.8 Å². The summed E-state index contributed by atoms with van der Waals surface area (Å²) >= 11 is 0. The molecule has 7 N–H and O–H groups in total. The molecule has 0 spiro atoms. The Balaban J connectivity index is 1.62. The van der Waals surface area contributed by atoms with Crippen molar-refractivity contribution in [3.05, 3.63) is 76.0 Å². The van der Waals surface area contributed by atoms with Crippen LogP contribution in [0.1, 0.15) is 17.2 Å². The first-order valence-electron chi connectivity index (χ1n) is 13.8. The molecule has 5 atom stereocenters. The highest BCUT2D eigenvalue weighted by molar-refractivity contribution is 5.92. The fourth-order valence-electron chi connectivity index (χ4n) is 5.08. The number of carbonyl (C=O) groups is 1. The van der Waals surface area contributed by atoms with E-state index >= 15 is 0 Å². The van der Waals surface area contributed by atoms with Gasteiger partial charge in [-0.15, -0.1) is 0 Å². The molecule has 1 saturated heterocycles. The zero-order valence-corrected chi connectivity index (χ0v) is 24.4. The minimum absolute atomic E-state index is 0.0276. The second kappa shape index (κ2) is 13.1. The average Bonchev–Trinajstić information content (AvgIpc) is 3.04. The molecule has 1 aliphatic heterocycles. The number of benzene rings is 3. The van der Waals surface area contributed by atoms with Gasteiger partial charge in [0.1, 0.15) is 64.5 Å². The van der Waals surface area contributed by atoms with E-state index in [4.69, 9.17) is 23.4 Å². The molecule has 0 radical (unpaired) electrons. The number of aliphatic hydroxyl groups is 4. The second-order valence-corrected chi connectivity index (χ2v) is 10.3. The first-order valence-corrected chi connectivity index (χ1v) is 13.8. The van der Waals surface area contributed by atoms with Gasteiger partial charge in [-0.25, -0.2) is 4.79 Å². The van der Waals surface area contributed by atoms with Crippen molar-refractivity contribution in [2.75, 3.05) is 20.8 Å². The number of aliphatic hydroxyl groups excluding tert-OH is 4. The van der Waals surface area contributed by atoms with Gasteiger partial charge in [0.2, 0.25) is 5.75 Å². The molecule has 242 valence electrons. The molecule has 2 heterocycles. The van der Waals surface area contributed by atoms with Crippen molar-refractivity contribution in [2.45, 2.75) is 30.5 Å². The summed E-state index contributed by atoms with van der Waals surface area (Å²) in [6.45, 7) is -0.786. The fraction of sp³-hybridized carbons (Fsp3) is 0.250. The summed E-state index contributed by atoms with van der Waals surface area (Å²) in [7, 11) is 2.66. The Kier molecular flexibility index (Phi) is 9.18. The third kappa shape index (κ3) is 6.07. The van der Waals surface area contributed by atoms with Crippen molar-refractivity contribution >= 4 is 23.0 Å². The van der Waals surface area contributed by atoms with Crippen LogP contribution in [0.4, 0.5) is 0 Å². The van der Waals surface area contributed by atoms with Gasteiger partial charge >= 0.3 is 5.97 Å². The van der Waals surface area contributed by atoms with Crippen LogP contribution in [0.15, 0.2) is 63.8 Å². The number of phenols is 3. The van der Waals surface area contributed by atoms with E-state index in [2.05, 4.69) is 0 Å². The quantitative estimate of drug-likeness (QED) is 0.0829. The standard InChI is InChI=1S/C32H30O14/c1-42-21-9-14(10-22(43-2)27(21)37)3-8-24(36)45-20-12-19-25(17(35)11-18(44-19)15-4-6-16(34)7-5-15)29(39)26(20)32-31(41)30(40)28(38)23(13-33)46-32/h3-12,23,28,30-34,37-41H,13H2,1-2H3/t23-,28-,30+,31-,32+/m1/s1. The van der Waals surface area contributed by atoms with Crippen LogP contribution in [0.3, 0.4) is 0 Å². The SMILES string of the molecule is COc1cc(C=CC(=O)Oc2cc3oc(-c4ccc(O)cc4)cc(=O)c3c(O)c2[C@@H]2O[C@H](CO)[C@@H](O)[C@H](O)[C@H]2O)cc(OC)c1O. The normalized spacial score (nSPS) is 21.4. The van der Waals surface area contributed by atoms with Crippen LogP contribution in [0.5, 0.6) is 34.5 Å². The van der Waals surface area contributed by atoms with Crippen LogP contribution in [0.2, 0.25) is 0 Å². The van der Waals surface area contributed by atoms with Crippen molar-refractivity contribution in [1.82, 2.24) is 0 Å². The monoisotopic (exact) mass is 638 g/mol. The number of hydrogen-bond acceptors (Lipinski definition) is 14. The molecule has 0 saturated carbocycles. The number of ether oxygens (including phenoxy) is 4. The number of phenolic OH excluding ortho intramolecular Hbond substituents is 3. The van der Waals surface area contributed by atoms with Gasteiger partial charge in [0, 0.05) is 23.8 Å². The zero-order chi connectivity index (χ0) is 33.3. The van der Waals surface area contributed by atoms with Gasteiger partial charge in [0.25, 0.3) is 0 Å². The second-order valence-electron chi connectivity index (χ2n) is 10.3. The highest BCUT2D eigenvalue weighted by Crippen LogP contribution is 2.45. The Morgan fingerprint density at radius 2 is 1.52 bits per heavy atom. The van der Waals surface area contributed by atoms with Gasteiger partial charge < -0.3 is 59.1 Å². The van der Waals surface area contributed by atoms with Crippen molar-refractivity contribution in [3.63, 3.8) is 0 Å². The maximum atomic E-state index is 13.3. The highest BCUT2D eigenvalue weighted by Gasteiger charge is 2.46. The highest BCUT2D eigenvalue weighted by atomic mass is 16.6. The van der Waals surface area contributed by atoms with Gasteiger partial charge in [0.05, 0.1) is 26.4 Å². The number of carbonyl (C=O) groups excluding carboxylic acids is 1. The number of esters is 1. The molecule has 14 nitrogen and oxygen atoms in total. The Morgan fingerprint density at radius 1 is 0.870 bits per heavy atom. The lowest BCUT2D eigenvalue weighted by Gasteiger charge is -2.40. The first kappa shape index (κ1) is 32.3. The summed E-state index contributed by atoms with van der Waals surface area (Å²) in [5.74, 6) is -2.39. The van der Waals surface area contributed by atoms with Crippen molar-refractivity contribution in [2.24, 2.45) is 0 Å². The first-order chi connectivity index (χ1) is 22.0. The van der Waals surface area contributed by atoms with E-state index in [0.29, 0.717) is 11.1 Å². The molecule has 3 aromatic carbocycles. The third-order valence-electron chi connectivity index (χ3n) is 7.45. The Morgan fingerprint density at radius 3 is 2.13 bits per heavy atom. The maximum Gasteiger partial charge on any atom is 0.336 e. The van der Waals surface area contributed by atoms with Crippen molar-refractivity contribution < 1.29 is 63.9 Å². The van der Waals surface area contributed by atoms with E-state index in [-0.39, 0.29) is 39.7 Å². The van der Waals surface area contributed by atoms with E-state index < -0.39 is 65.6 Å². The molecule has 14 heteroatoms. The molecule has 1 aliphatic rings. The molecule has 4 aromatic rings. The molecule has 0 bridgehead atoms. The van der Waals surface area contributed by atoms with Gasteiger partial charge in [-0.2, -0.15) is 0 Å². The molecule has 5 rings (SSSR count). The molecule has 0 aliphatic carbocycles. The van der Waals surface area contributed by atoms with Crippen LogP contribution in [0.25, 0.3) is 28.4 Å². The largest absolute Gasteiger partial charge is 0.508 e. The predicted molar refractivity (Wildman–Crippen MR) is 160 cm³/mol. The van der Waals surface area contributed by atoms with Gasteiger partial charge in [0.15, 0.2) is 16.9 Å². The van der Waals surface area contributed by atoms with Crippen LogP contribution in [-0.2, 0) is 9.53 Å². The van der Waals surface area contributed by atoms with Gasteiger partial charge in [-0.05, 0) is 48.0 Å². The lowest BCUT2D eigenvalue weighted by atomic mass is 9.89. The maximum absolute atomic E-state index is 13.3. The van der Waals surface area contributed by atoms with Gasteiger partial charge in [-0.1, -0.05) is 0 Å². The topological polar surface area (TPSA) is 226 Å². The number of aromatic hydroxyl groups is 3. The molecule has 0 unspecified atom stereocenters. The summed E-state index contributed by atoms with van der Waals surface area (Å²) < 4.78 is 27.3. The Bertz CT molecular complexity index is 1820. The number of hydrogen-bond donors (Lipinski definition) is 7. The van der Waals surface area contributed by atoms with E-state index in [1.807, 2.05) is 0 Å². The molecule has 0 amide bonds. The lowest BCUT2D eigenvalue weighted by molar-refractivity contribution is -0.232. The van der Waals surface area contributed by atoms with E-state index in [9.17, 15) is 45.3 Å². The molecular formula is C32H30O14. The number of rotatable bonds is 8. The Hall–Kier alpha value is -5.12. The summed E-state index contributed by atoms with van der Waals surface area (Å²) in [5, 5.41) is 72.1. The zero-order valence-electron chi connectivity index (χ0n) is 24.4. The van der Waals surface area contributed by atoms with Crippen molar-refractivity contribution in [1.29, 1.82) is 0 Å². The minimum Gasteiger partial charge on any atom is -0.508 e. The predicted octanol–water partition coefficient (Wildman–Crippen LogP) is 1.73. The third-order valence-corrected chi connectivity index (χ3v) is 7.45. The smallest absolute Gasteiger partial charge is 0.336 e. The Labute approximate surface area is 260 Å². The minimum atomic E-state index is -1.91. The fourth-order valence-corrected chi connectivity index (χ4v) is 5.08. The van der Waals surface area contributed by atoms with Crippen LogP contribution in [0, 0.1) is 0 Å². The van der Waals surface area contributed by atoms with E-state index in [1.54, 1.807) is 0 Å². The number of fused-ring (bicyclic) bond motifs is 1. The van der Waals surface area contributed by atoms with E-state index in [1.165, 1.54) is 56.7 Å². The van der Waals surface area contributed by atoms with Crippen LogP contribution >= 0.6 is 0 Å². The molecule has 1 aromatic heterocycles. The average molecular weight is 639 g/mol. The van der Waals surface area contributed by atoms with E-state index in [0.717, 1.165) is 18.2 Å².